The summed E-state index contributed by atoms with van der Waals surface area (Å²) in [5, 5.41) is 14.0. The van der Waals surface area contributed by atoms with Gasteiger partial charge in [-0.1, -0.05) is 0 Å². The van der Waals surface area contributed by atoms with Crippen LogP contribution in [0.15, 0.2) is 18.5 Å². The van der Waals surface area contributed by atoms with E-state index in [0.29, 0.717) is 17.6 Å². The predicted octanol–water partition coefficient (Wildman–Crippen LogP) is 1.29. The molecule has 2 aromatic rings. The Bertz CT molecular complexity index is 573. The lowest BCUT2D eigenvalue weighted by Crippen LogP contribution is -2.33. The SMILES string of the molecule is Nc1ncc(CN2CCC(c3ccnn3CCO)CC2)s1. The van der Waals surface area contributed by atoms with Crippen LogP contribution in [0.1, 0.15) is 29.3 Å². The fraction of sp³-hybridized carbons (Fsp3) is 0.571. The summed E-state index contributed by atoms with van der Waals surface area (Å²) in [6, 6.07) is 2.08. The molecule has 1 fully saturated rings. The Labute approximate surface area is 128 Å². The van der Waals surface area contributed by atoms with Crippen molar-refractivity contribution < 1.29 is 5.11 Å². The third-order valence-corrected chi connectivity index (χ3v) is 4.83. The Balaban J connectivity index is 1.56. The van der Waals surface area contributed by atoms with Crippen molar-refractivity contribution in [2.24, 2.45) is 0 Å². The second-order valence-electron chi connectivity index (χ2n) is 5.42. The monoisotopic (exact) mass is 307 g/mol. The molecule has 114 valence electrons. The van der Waals surface area contributed by atoms with Gasteiger partial charge in [-0.2, -0.15) is 5.10 Å². The molecule has 0 amide bonds. The number of likely N-dealkylation sites (tertiary alicyclic amines) is 1. The third kappa shape index (κ3) is 3.42. The van der Waals surface area contributed by atoms with E-state index < -0.39 is 0 Å². The van der Waals surface area contributed by atoms with Gasteiger partial charge in [0.05, 0.1) is 13.2 Å². The van der Waals surface area contributed by atoms with E-state index in [1.807, 2.05) is 17.1 Å². The number of hydrogen-bond acceptors (Lipinski definition) is 6. The van der Waals surface area contributed by atoms with E-state index >= 15 is 0 Å². The van der Waals surface area contributed by atoms with Crippen LogP contribution in [0.3, 0.4) is 0 Å². The second-order valence-corrected chi connectivity index (χ2v) is 6.56. The number of rotatable bonds is 5. The van der Waals surface area contributed by atoms with Crippen LogP contribution in [0.25, 0.3) is 0 Å². The van der Waals surface area contributed by atoms with Gasteiger partial charge in [0.25, 0.3) is 0 Å². The van der Waals surface area contributed by atoms with Crippen LogP contribution >= 0.6 is 11.3 Å². The maximum atomic E-state index is 9.08. The Kier molecular flexibility index (Phi) is 4.52. The molecule has 0 radical (unpaired) electrons. The zero-order chi connectivity index (χ0) is 14.7. The molecule has 2 aromatic heterocycles. The second kappa shape index (κ2) is 6.55. The standard InChI is InChI=1S/C14H21N5OS/c15-14-16-9-12(21-14)10-18-5-2-11(3-6-18)13-1-4-17-19(13)7-8-20/h1,4,9,11,20H,2-3,5-8,10H2,(H2,15,16). The summed E-state index contributed by atoms with van der Waals surface area (Å²) in [6.07, 6.45) is 5.97. The van der Waals surface area contributed by atoms with Gasteiger partial charge in [-0.15, -0.1) is 11.3 Å². The van der Waals surface area contributed by atoms with Gasteiger partial charge in [-0.05, 0) is 32.0 Å². The fourth-order valence-electron chi connectivity index (χ4n) is 2.97. The van der Waals surface area contributed by atoms with E-state index in [0.717, 1.165) is 32.5 Å². The van der Waals surface area contributed by atoms with Crippen molar-refractivity contribution in [1.29, 1.82) is 0 Å². The van der Waals surface area contributed by atoms with Crippen LogP contribution in [-0.2, 0) is 13.1 Å². The number of aliphatic hydroxyl groups excluding tert-OH is 1. The number of thiazole rings is 1. The zero-order valence-electron chi connectivity index (χ0n) is 12.0. The molecule has 0 unspecified atom stereocenters. The molecule has 0 atom stereocenters. The van der Waals surface area contributed by atoms with E-state index in [-0.39, 0.29) is 6.61 Å². The Hall–Kier alpha value is -1.44. The van der Waals surface area contributed by atoms with E-state index in [9.17, 15) is 0 Å². The number of nitrogen functional groups attached to an aromatic ring is 1. The minimum atomic E-state index is 0.139. The molecule has 1 aliphatic rings. The van der Waals surface area contributed by atoms with E-state index in [1.165, 1.54) is 10.6 Å². The van der Waals surface area contributed by atoms with Crippen LogP contribution in [0.4, 0.5) is 5.13 Å². The Morgan fingerprint density at radius 3 is 2.86 bits per heavy atom. The summed E-state index contributed by atoms with van der Waals surface area (Å²) >= 11 is 1.57. The van der Waals surface area contributed by atoms with Gasteiger partial charge in [0, 0.05) is 35.4 Å². The van der Waals surface area contributed by atoms with E-state index in [1.54, 1.807) is 11.3 Å². The lowest BCUT2D eigenvalue weighted by Gasteiger charge is -2.31. The number of anilines is 1. The first-order valence-electron chi connectivity index (χ1n) is 7.31. The molecule has 0 aliphatic carbocycles. The van der Waals surface area contributed by atoms with Gasteiger partial charge >= 0.3 is 0 Å². The van der Waals surface area contributed by atoms with Crippen molar-refractivity contribution in [3.05, 3.63) is 29.0 Å². The summed E-state index contributed by atoms with van der Waals surface area (Å²) in [5.41, 5.74) is 6.93. The summed E-state index contributed by atoms with van der Waals surface area (Å²) in [4.78, 5) is 7.79. The van der Waals surface area contributed by atoms with Crippen molar-refractivity contribution >= 4 is 16.5 Å². The highest BCUT2D eigenvalue weighted by Gasteiger charge is 2.23. The van der Waals surface area contributed by atoms with Gasteiger partial charge in [-0.25, -0.2) is 4.98 Å². The van der Waals surface area contributed by atoms with E-state index in [2.05, 4.69) is 21.0 Å². The van der Waals surface area contributed by atoms with E-state index in [4.69, 9.17) is 10.8 Å². The van der Waals surface area contributed by atoms with Gasteiger partial charge in [-0.3, -0.25) is 9.58 Å². The summed E-state index contributed by atoms with van der Waals surface area (Å²) in [7, 11) is 0. The molecule has 1 saturated heterocycles. The number of hydrogen-bond donors (Lipinski definition) is 2. The van der Waals surface area contributed by atoms with Crippen molar-refractivity contribution in [3.8, 4) is 0 Å². The van der Waals surface area contributed by atoms with Crippen LogP contribution < -0.4 is 5.73 Å². The molecule has 1 aliphatic heterocycles. The van der Waals surface area contributed by atoms with Crippen LogP contribution in [0, 0.1) is 0 Å². The first-order valence-corrected chi connectivity index (χ1v) is 8.13. The van der Waals surface area contributed by atoms with Gasteiger partial charge in [0.15, 0.2) is 5.13 Å². The number of nitrogens with zero attached hydrogens (tertiary/aromatic N) is 4. The van der Waals surface area contributed by atoms with Crippen LogP contribution in [0.5, 0.6) is 0 Å². The summed E-state index contributed by atoms with van der Waals surface area (Å²) < 4.78 is 1.93. The maximum Gasteiger partial charge on any atom is 0.180 e. The minimum Gasteiger partial charge on any atom is -0.394 e. The highest BCUT2D eigenvalue weighted by Crippen LogP contribution is 2.29. The van der Waals surface area contributed by atoms with Crippen molar-refractivity contribution in [1.82, 2.24) is 19.7 Å². The number of aliphatic hydroxyl groups is 1. The summed E-state index contributed by atoms with van der Waals surface area (Å²) in [6.45, 7) is 3.82. The molecule has 0 saturated carbocycles. The summed E-state index contributed by atoms with van der Waals surface area (Å²) in [5.74, 6) is 0.543. The molecule has 21 heavy (non-hydrogen) atoms. The lowest BCUT2D eigenvalue weighted by atomic mass is 9.93. The molecule has 0 spiro atoms. The topological polar surface area (TPSA) is 80.2 Å². The lowest BCUT2D eigenvalue weighted by molar-refractivity contribution is 0.200. The molecule has 3 N–H and O–H groups in total. The normalized spacial score (nSPS) is 17.4. The fourth-order valence-corrected chi connectivity index (χ4v) is 3.70. The molecule has 6 nitrogen and oxygen atoms in total. The van der Waals surface area contributed by atoms with Crippen molar-refractivity contribution in [2.75, 3.05) is 25.4 Å². The molecular formula is C14H21N5OS. The predicted molar refractivity (Wildman–Crippen MR) is 83.1 cm³/mol. The molecule has 7 heteroatoms. The highest BCUT2D eigenvalue weighted by atomic mass is 32.1. The number of nitrogens with two attached hydrogens (primary N) is 1. The van der Waals surface area contributed by atoms with Crippen LogP contribution in [0.2, 0.25) is 0 Å². The van der Waals surface area contributed by atoms with Crippen molar-refractivity contribution in [2.45, 2.75) is 31.8 Å². The molecule has 0 aromatic carbocycles. The highest BCUT2D eigenvalue weighted by molar-refractivity contribution is 7.15. The number of piperidine rings is 1. The smallest absolute Gasteiger partial charge is 0.180 e. The average molecular weight is 307 g/mol. The average Bonchev–Trinajstić information content (AvgIpc) is 3.10. The first kappa shape index (κ1) is 14.5. The van der Waals surface area contributed by atoms with Gasteiger partial charge in [0.2, 0.25) is 0 Å². The minimum absolute atomic E-state index is 0.139. The Morgan fingerprint density at radius 2 is 2.19 bits per heavy atom. The van der Waals surface area contributed by atoms with Gasteiger partial charge < -0.3 is 10.8 Å². The molecule has 3 rings (SSSR count). The largest absolute Gasteiger partial charge is 0.394 e. The molecular weight excluding hydrogens is 286 g/mol. The molecule has 0 bridgehead atoms. The Morgan fingerprint density at radius 1 is 1.38 bits per heavy atom. The third-order valence-electron chi connectivity index (χ3n) is 4.02. The van der Waals surface area contributed by atoms with Gasteiger partial charge in [0.1, 0.15) is 0 Å². The first-order chi connectivity index (χ1) is 10.3. The number of aromatic nitrogens is 3. The maximum absolute atomic E-state index is 9.08. The quantitative estimate of drug-likeness (QED) is 0.870. The molecule has 3 heterocycles. The van der Waals surface area contributed by atoms with Crippen LogP contribution in [-0.4, -0.2) is 44.5 Å². The zero-order valence-corrected chi connectivity index (χ0v) is 12.8. The van der Waals surface area contributed by atoms with Crippen molar-refractivity contribution in [3.63, 3.8) is 0 Å².